The van der Waals surface area contributed by atoms with E-state index in [9.17, 15) is 5.11 Å². The number of aliphatic hydroxyl groups excluding tert-OH is 1. The van der Waals surface area contributed by atoms with Crippen LogP contribution in [-0.4, -0.2) is 27.9 Å². The van der Waals surface area contributed by atoms with Gasteiger partial charge in [-0.2, -0.15) is 0 Å². The number of nitrogens with zero attached hydrogens (tertiary/aromatic N) is 1. The average molecular weight is 228 g/mol. The Morgan fingerprint density at radius 1 is 1.80 bits per heavy atom. The molecule has 0 radical (unpaired) electrons. The third kappa shape index (κ3) is 2.75. The minimum atomic E-state index is -0.438. The second-order valence-electron chi connectivity index (χ2n) is 4.33. The Kier molecular flexibility index (Phi) is 3.06. The smallest absolute Gasteiger partial charge is 0.113 e. The average Bonchev–Trinajstić information content (AvgIpc) is 2.74. The van der Waals surface area contributed by atoms with Crippen LogP contribution < -0.4 is 5.32 Å². The molecular formula is C10H16N2O2S. The van der Waals surface area contributed by atoms with E-state index in [1.54, 1.807) is 6.20 Å². The first kappa shape index (κ1) is 11.0. The zero-order chi connectivity index (χ0) is 10.9. The molecule has 1 aromatic heterocycles. The second kappa shape index (κ2) is 4.17. The highest BCUT2D eigenvalue weighted by atomic mass is 32.1. The van der Waals surface area contributed by atoms with Crippen LogP contribution in [0.5, 0.6) is 0 Å². The van der Waals surface area contributed by atoms with E-state index in [1.807, 2.05) is 19.9 Å². The van der Waals surface area contributed by atoms with Gasteiger partial charge in [-0.15, -0.1) is 0 Å². The highest BCUT2D eigenvalue weighted by molar-refractivity contribution is 7.05. The molecule has 2 heterocycles. The van der Waals surface area contributed by atoms with Gasteiger partial charge in [0.25, 0.3) is 0 Å². The van der Waals surface area contributed by atoms with Crippen molar-refractivity contribution in [2.24, 2.45) is 0 Å². The lowest BCUT2D eigenvalue weighted by molar-refractivity contribution is 0.0229. The molecule has 5 heteroatoms. The minimum Gasteiger partial charge on any atom is -0.387 e. The molecule has 1 aliphatic heterocycles. The van der Waals surface area contributed by atoms with Crippen molar-refractivity contribution in [1.29, 1.82) is 0 Å². The van der Waals surface area contributed by atoms with Crippen molar-refractivity contribution in [3.63, 3.8) is 0 Å². The fourth-order valence-electron chi connectivity index (χ4n) is 1.79. The summed E-state index contributed by atoms with van der Waals surface area (Å²) in [6.07, 6.45) is 1.95. The van der Waals surface area contributed by atoms with Crippen molar-refractivity contribution in [2.45, 2.75) is 38.1 Å². The van der Waals surface area contributed by atoms with Gasteiger partial charge in [-0.1, -0.05) is 0 Å². The molecule has 2 atom stereocenters. The number of hydrogen-bond acceptors (Lipinski definition) is 5. The minimum absolute atomic E-state index is 0.220. The van der Waals surface area contributed by atoms with Gasteiger partial charge in [-0.3, -0.25) is 5.32 Å². The summed E-state index contributed by atoms with van der Waals surface area (Å²) in [5.41, 5.74) is -0.266. The zero-order valence-corrected chi connectivity index (χ0v) is 9.75. The van der Waals surface area contributed by atoms with Gasteiger partial charge in [-0.05, 0) is 37.9 Å². The monoisotopic (exact) mass is 228 g/mol. The Balaban J connectivity index is 1.88. The van der Waals surface area contributed by atoms with Gasteiger partial charge in [0.2, 0.25) is 0 Å². The number of nitrogens with one attached hydrogen (secondary N) is 1. The molecule has 0 aromatic carbocycles. The summed E-state index contributed by atoms with van der Waals surface area (Å²) in [5, 5.41) is 13.2. The maximum Gasteiger partial charge on any atom is 0.113 e. The quantitative estimate of drug-likeness (QED) is 0.818. The number of ether oxygens (including phenoxy) is 1. The van der Waals surface area contributed by atoms with Crippen molar-refractivity contribution >= 4 is 11.5 Å². The summed E-state index contributed by atoms with van der Waals surface area (Å²) in [4.78, 5) is 0.918. The molecule has 1 fully saturated rings. The van der Waals surface area contributed by atoms with Crippen LogP contribution in [0.4, 0.5) is 0 Å². The predicted molar refractivity (Wildman–Crippen MR) is 58.6 cm³/mol. The van der Waals surface area contributed by atoms with Crippen LogP contribution in [0.2, 0.25) is 0 Å². The molecule has 1 aliphatic rings. The highest BCUT2D eigenvalue weighted by Crippen LogP contribution is 2.25. The molecular weight excluding hydrogens is 212 g/mol. The van der Waals surface area contributed by atoms with Crippen LogP contribution in [0.15, 0.2) is 12.3 Å². The van der Waals surface area contributed by atoms with Crippen LogP contribution >= 0.6 is 11.5 Å². The van der Waals surface area contributed by atoms with Gasteiger partial charge < -0.3 is 9.84 Å². The fourth-order valence-corrected chi connectivity index (χ4v) is 2.38. The van der Waals surface area contributed by atoms with E-state index in [0.29, 0.717) is 13.0 Å². The van der Waals surface area contributed by atoms with Crippen LogP contribution in [-0.2, 0) is 4.74 Å². The first-order chi connectivity index (χ1) is 7.07. The molecule has 1 saturated heterocycles. The third-order valence-electron chi connectivity index (χ3n) is 2.49. The Morgan fingerprint density at radius 3 is 3.13 bits per heavy atom. The van der Waals surface area contributed by atoms with E-state index in [0.717, 1.165) is 4.88 Å². The van der Waals surface area contributed by atoms with Crippen LogP contribution in [0, 0.1) is 0 Å². The van der Waals surface area contributed by atoms with E-state index < -0.39 is 6.10 Å². The SMILES string of the molecule is CC1(C)N[C@@H](C[C@@H](O)c2ccns2)CO1. The maximum absolute atomic E-state index is 9.91. The molecule has 0 unspecified atom stereocenters. The van der Waals surface area contributed by atoms with Crippen molar-refractivity contribution in [3.05, 3.63) is 17.1 Å². The first-order valence-electron chi connectivity index (χ1n) is 5.07. The van der Waals surface area contributed by atoms with Crippen LogP contribution in [0.1, 0.15) is 31.2 Å². The number of aromatic nitrogens is 1. The lowest BCUT2D eigenvalue weighted by atomic mass is 10.1. The van der Waals surface area contributed by atoms with Crippen molar-refractivity contribution in [1.82, 2.24) is 9.69 Å². The van der Waals surface area contributed by atoms with E-state index in [4.69, 9.17) is 4.74 Å². The molecule has 2 rings (SSSR count). The van der Waals surface area contributed by atoms with Crippen LogP contribution in [0.25, 0.3) is 0 Å². The fraction of sp³-hybridized carbons (Fsp3) is 0.700. The molecule has 0 aliphatic carbocycles. The van der Waals surface area contributed by atoms with E-state index in [1.165, 1.54) is 11.5 Å². The molecule has 0 spiro atoms. The summed E-state index contributed by atoms with van der Waals surface area (Å²) in [5.74, 6) is 0. The second-order valence-corrected chi connectivity index (χ2v) is 5.19. The topological polar surface area (TPSA) is 54.4 Å². The van der Waals surface area contributed by atoms with Gasteiger partial charge in [0.15, 0.2) is 0 Å². The zero-order valence-electron chi connectivity index (χ0n) is 8.93. The Hall–Kier alpha value is -0.490. The standard InChI is InChI=1S/C10H16N2O2S/c1-10(2)12-7(6-14-10)5-8(13)9-3-4-11-15-9/h3-4,7-8,12-13H,5-6H2,1-2H3/t7-,8+/m0/s1. The maximum atomic E-state index is 9.91. The molecule has 84 valence electrons. The first-order valence-corrected chi connectivity index (χ1v) is 5.84. The largest absolute Gasteiger partial charge is 0.387 e. The van der Waals surface area contributed by atoms with Crippen molar-refractivity contribution in [2.75, 3.05) is 6.61 Å². The number of hydrogen-bond donors (Lipinski definition) is 2. The normalized spacial score (nSPS) is 26.7. The summed E-state index contributed by atoms with van der Waals surface area (Å²) in [6.45, 7) is 4.64. The molecule has 1 aromatic rings. The van der Waals surface area contributed by atoms with Crippen molar-refractivity contribution in [3.8, 4) is 0 Å². The van der Waals surface area contributed by atoms with E-state index in [2.05, 4.69) is 9.69 Å². The lowest BCUT2D eigenvalue weighted by Gasteiger charge is -2.19. The Bertz CT molecular complexity index is 313. The predicted octanol–water partition coefficient (Wildman–Crippen LogP) is 1.29. The summed E-state index contributed by atoms with van der Waals surface area (Å²) in [6, 6.07) is 2.08. The lowest BCUT2D eigenvalue weighted by Crippen LogP contribution is -2.38. The van der Waals surface area contributed by atoms with Gasteiger partial charge in [0, 0.05) is 12.2 Å². The summed E-state index contributed by atoms with van der Waals surface area (Å²) < 4.78 is 9.51. The molecule has 2 N–H and O–H groups in total. The van der Waals surface area contributed by atoms with Crippen molar-refractivity contribution < 1.29 is 9.84 Å². The molecule has 15 heavy (non-hydrogen) atoms. The van der Waals surface area contributed by atoms with E-state index >= 15 is 0 Å². The molecule has 0 amide bonds. The van der Waals surface area contributed by atoms with Gasteiger partial charge in [0.1, 0.15) is 5.72 Å². The van der Waals surface area contributed by atoms with Gasteiger partial charge in [0.05, 0.1) is 17.6 Å². The van der Waals surface area contributed by atoms with Crippen LogP contribution in [0.3, 0.4) is 0 Å². The molecule has 4 nitrogen and oxygen atoms in total. The number of rotatable bonds is 3. The highest BCUT2D eigenvalue weighted by Gasteiger charge is 2.32. The molecule has 0 saturated carbocycles. The van der Waals surface area contributed by atoms with Gasteiger partial charge in [-0.25, -0.2) is 4.37 Å². The summed E-state index contributed by atoms with van der Waals surface area (Å²) >= 11 is 1.35. The van der Waals surface area contributed by atoms with Gasteiger partial charge >= 0.3 is 0 Å². The Morgan fingerprint density at radius 2 is 2.60 bits per heavy atom. The summed E-state index contributed by atoms with van der Waals surface area (Å²) in [7, 11) is 0. The number of aliphatic hydroxyl groups is 1. The third-order valence-corrected chi connectivity index (χ3v) is 3.34. The Labute approximate surface area is 93.4 Å². The molecule has 0 bridgehead atoms. The van der Waals surface area contributed by atoms with E-state index in [-0.39, 0.29) is 11.8 Å².